The Morgan fingerprint density at radius 2 is 1.88 bits per heavy atom. The maximum Gasteiger partial charge on any atom is 0.137 e. The van der Waals surface area contributed by atoms with Crippen molar-refractivity contribution in [3.63, 3.8) is 0 Å². The summed E-state index contributed by atoms with van der Waals surface area (Å²) in [5.74, 6) is -0.247. The van der Waals surface area contributed by atoms with E-state index in [2.05, 4.69) is 23.9 Å². The summed E-state index contributed by atoms with van der Waals surface area (Å²) in [6.45, 7) is 4.75. The largest absolute Gasteiger partial charge is 0.383 e. The van der Waals surface area contributed by atoms with E-state index in [0.717, 1.165) is 49.7 Å². The molecule has 1 heterocycles. The van der Waals surface area contributed by atoms with Gasteiger partial charge in [-0.3, -0.25) is 0 Å². The van der Waals surface area contributed by atoms with Gasteiger partial charge in [-0.25, -0.2) is 14.1 Å². The van der Waals surface area contributed by atoms with Crippen LogP contribution in [0.15, 0.2) is 42.5 Å². The molecular weight excluding hydrogens is 329 g/mol. The molecule has 5 heteroatoms. The van der Waals surface area contributed by atoms with Crippen molar-refractivity contribution in [1.29, 1.82) is 0 Å². The van der Waals surface area contributed by atoms with Gasteiger partial charge in [-0.15, -0.1) is 0 Å². The monoisotopic (exact) mass is 357 g/mol. The molecule has 0 radical (unpaired) electrons. The molecule has 1 aliphatic rings. The van der Waals surface area contributed by atoms with Crippen LogP contribution in [0.25, 0.3) is 6.08 Å². The van der Waals surface area contributed by atoms with Crippen molar-refractivity contribution < 1.29 is 9.50 Å². The summed E-state index contributed by atoms with van der Waals surface area (Å²) in [5, 5.41) is 16.2. The molecule has 4 nitrogen and oxygen atoms in total. The molecule has 1 N–H and O–H groups in total. The first kappa shape index (κ1) is 18.8. The first-order chi connectivity index (χ1) is 12.5. The second-order valence-corrected chi connectivity index (χ2v) is 7.45. The molecule has 1 aliphatic carbocycles. The van der Waals surface area contributed by atoms with Gasteiger partial charge in [-0.1, -0.05) is 44.9 Å². The third-order valence-electron chi connectivity index (χ3n) is 5.81. The Morgan fingerprint density at radius 1 is 1.19 bits per heavy atom. The Hall–Kier alpha value is -2.01. The quantitative estimate of drug-likeness (QED) is 0.787. The van der Waals surface area contributed by atoms with Gasteiger partial charge in [0.1, 0.15) is 24.1 Å². The molecule has 1 saturated carbocycles. The zero-order chi connectivity index (χ0) is 18.6. The van der Waals surface area contributed by atoms with Gasteiger partial charge in [-0.05, 0) is 49.0 Å². The van der Waals surface area contributed by atoms with Crippen molar-refractivity contribution in [3.05, 3.63) is 53.9 Å². The van der Waals surface area contributed by atoms with E-state index in [1.807, 2.05) is 6.08 Å². The second-order valence-electron chi connectivity index (χ2n) is 7.45. The van der Waals surface area contributed by atoms with E-state index in [0.29, 0.717) is 6.54 Å². The van der Waals surface area contributed by atoms with Gasteiger partial charge in [0, 0.05) is 5.41 Å². The molecule has 1 aromatic heterocycles. The van der Waals surface area contributed by atoms with Crippen LogP contribution in [0.1, 0.15) is 57.9 Å². The molecular formula is C21H28FN3O. The highest BCUT2D eigenvalue weighted by atomic mass is 19.1. The van der Waals surface area contributed by atoms with Crippen molar-refractivity contribution >= 4 is 6.08 Å². The van der Waals surface area contributed by atoms with Crippen LogP contribution >= 0.6 is 0 Å². The van der Waals surface area contributed by atoms with Gasteiger partial charge in [0.05, 0.1) is 6.54 Å². The minimum Gasteiger partial charge on any atom is -0.383 e. The number of hydrogen-bond donors (Lipinski definition) is 1. The minimum absolute atomic E-state index is 0.158. The molecule has 140 valence electrons. The molecule has 1 atom stereocenters. The summed E-state index contributed by atoms with van der Waals surface area (Å²) in [6, 6.07) is 6.45. The molecule has 1 unspecified atom stereocenters. The van der Waals surface area contributed by atoms with Crippen LogP contribution in [-0.2, 0) is 6.54 Å². The van der Waals surface area contributed by atoms with Gasteiger partial charge in [-0.2, -0.15) is 5.10 Å². The Morgan fingerprint density at radius 3 is 2.46 bits per heavy atom. The maximum absolute atomic E-state index is 13.2. The predicted molar refractivity (Wildman–Crippen MR) is 101 cm³/mol. The summed E-state index contributed by atoms with van der Waals surface area (Å²) < 4.78 is 15.0. The lowest BCUT2D eigenvalue weighted by Gasteiger charge is -2.43. The maximum atomic E-state index is 13.2. The highest BCUT2D eigenvalue weighted by Crippen LogP contribution is 2.56. The van der Waals surface area contributed by atoms with Crippen molar-refractivity contribution in [2.45, 2.75) is 64.5 Å². The predicted octanol–water partition coefficient (Wildman–Crippen LogP) is 4.61. The fourth-order valence-corrected chi connectivity index (χ4v) is 4.64. The number of rotatable bonds is 7. The molecule has 0 spiro atoms. The second kappa shape index (κ2) is 7.70. The van der Waals surface area contributed by atoms with Crippen LogP contribution in [0.4, 0.5) is 4.39 Å². The van der Waals surface area contributed by atoms with Crippen LogP contribution < -0.4 is 0 Å². The third-order valence-corrected chi connectivity index (χ3v) is 5.81. The molecule has 0 aliphatic heterocycles. The highest BCUT2D eigenvalue weighted by Gasteiger charge is 2.55. The van der Waals surface area contributed by atoms with Crippen molar-refractivity contribution in [2.24, 2.45) is 5.41 Å². The average molecular weight is 357 g/mol. The topological polar surface area (TPSA) is 50.9 Å². The van der Waals surface area contributed by atoms with Gasteiger partial charge < -0.3 is 5.11 Å². The standard InChI is InChI=1S/C21H28FN3O/c1-3-10-20(11-4-2)12-9-18(13-17-5-7-19(22)8-6-17)21(20,26)14-25-16-23-15-24-25/h5-8,13,15-16,26H,3-4,9-12,14H2,1-2H3. The van der Waals surface area contributed by atoms with E-state index >= 15 is 0 Å². The number of nitrogens with zero attached hydrogens (tertiary/aromatic N) is 3. The zero-order valence-corrected chi connectivity index (χ0v) is 15.7. The van der Waals surface area contributed by atoms with Crippen LogP contribution in [0, 0.1) is 11.2 Å². The van der Waals surface area contributed by atoms with E-state index in [4.69, 9.17) is 0 Å². The number of benzene rings is 1. The third kappa shape index (κ3) is 3.45. The minimum atomic E-state index is -0.971. The number of aliphatic hydroxyl groups is 1. The Balaban J connectivity index is 2.03. The van der Waals surface area contributed by atoms with Crippen molar-refractivity contribution in [1.82, 2.24) is 14.8 Å². The van der Waals surface area contributed by atoms with E-state index < -0.39 is 5.60 Å². The van der Waals surface area contributed by atoms with Gasteiger partial charge >= 0.3 is 0 Å². The molecule has 0 saturated heterocycles. The summed E-state index contributed by atoms with van der Waals surface area (Å²) >= 11 is 0. The Bertz CT molecular complexity index is 733. The first-order valence-corrected chi connectivity index (χ1v) is 9.54. The Labute approximate surface area is 154 Å². The number of halogens is 1. The summed E-state index contributed by atoms with van der Waals surface area (Å²) in [4.78, 5) is 4.03. The normalized spacial score (nSPS) is 23.6. The van der Waals surface area contributed by atoms with Crippen LogP contribution in [-0.4, -0.2) is 25.5 Å². The lowest BCUT2D eigenvalue weighted by atomic mass is 9.67. The fraction of sp³-hybridized carbons (Fsp3) is 0.524. The number of aromatic nitrogens is 3. The molecule has 2 aromatic rings. The van der Waals surface area contributed by atoms with Crippen molar-refractivity contribution in [2.75, 3.05) is 0 Å². The van der Waals surface area contributed by atoms with Crippen molar-refractivity contribution in [3.8, 4) is 0 Å². The van der Waals surface area contributed by atoms with Crippen LogP contribution in [0.5, 0.6) is 0 Å². The summed E-state index contributed by atoms with van der Waals surface area (Å²) in [5.41, 5.74) is 0.804. The van der Waals surface area contributed by atoms with Gasteiger partial charge in [0.15, 0.2) is 0 Å². The number of hydrogen-bond acceptors (Lipinski definition) is 3. The smallest absolute Gasteiger partial charge is 0.137 e. The van der Waals surface area contributed by atoms with E-state index in [-0.39, 0.29) is 11.2 Å². The molecule has 1 fully saturated rings. The fourth-order valence-electron chi connectivity index (χ4n) is 4.64. The molecule has 1 aromatic carbocycles. The van der Waals surface area contributed by atoms with E-state index in [1.54, 1.807) is 23.1 Å². The first-order valence-electron chi connectivity index (χ1n) is 9.54. The summed E-state index contributed by atoms with van der Waals surface area (Å²) in [6.07, 6.45) is 11.0. The molecule has 0 bridgehead atoms. The van der Waals surface area contributed by atoms with Crippen LogP contribution in [0.2, 0.25) is 0 Å². The zero-order valence-electron chi connectivity index (χ0n) is 15.7. The van der Waals surface area contributed by atoms with Gasteiger partial charge in [0.2, 0.25) is 0 Å². The summed E-state index contributed by atoms with van der Waals surface area (Å²) in [7, 11) is 0. The SMILES string of the molecule is CCCC1(CCC)CCC(=Cc2ccc(F)cc2)C1(O)Cn1cncn1. The lowest BCUT2D eigenvalue weighted by molar-refractivity contribution is -0.0605. The average Bonchev–Trinajstić information content (AvgIpc) is 3.20. The van der Waals surface area contributed by atoms with Crippen LogP contribution in [0.3, 0.4) is 0 Å². The molecule has 3 rings (SSSR count). The Kier molecular flexibility index (Phi) is 5.56. The molecule has 26 heavy (non-hydrogen) atoms. The molecule has 0 amide bonds. The highest BCUT2D eigenvalue weighted by molar-refractivity contribution is 5.57. The van der Waals surface area contributed by atoms with E-state index in [9.17, 15) is 9.50 Å². The lowest BCUT2D eigenvalue weighted by Crippen LogP contribution is -2.48. The van der Waals surface area contributed by atoms with Gasteiger partial charge in [0.25, 0.3) is 0 Å². The van der Waals surface area contributed by atoms with E-state index in [1.165, 1.54) is 18.5 Å².